The maximum Gasteiger partial charge on any atom is 0.234 e. The number of piperidine rings is 1. The molecule has 0 aliphatic carbocycles. The summed E-state index contributed by atoms with van der Waals surface area (Å²) in [5.74, 6) is 0.0351. The van der Waals surface area contributed by atoms with Gasteiger partial charge in [-0.1, -0.05) is 6.92 Å². The van der Waals surface area contributed by atoms with Gasteiger partial charge >= 0.3 is 0 Å². The number of nitrogens with two attached hydrogens (primary N) is 1. The van der Waals surface area contributed by atoms with E-state index >= 15 is 0 Å². The minimum absolute atomic E-state index is 0.0900. The first-order chi connectivity index (χ1) is 7.06. The van der Waals surface area contributed by atoms with Gasteiger partial charge in [-0.05, 0) is 32.7 Å². The number of ketones is 1. The van der Waals surface area contributed by atoms with E-state index in [0.717, 1.165) is 25.8 Å². The molecule has 0 radical (unpaired) electrons. The van der Waals surface area contributed by atoms with Crippen LogP contribution in [0.1, 0.15) is 33.1 Å². The second kappa shape index (κ2) is 5.26. The van der Waals surface area contributed by atoms with Gasteiger partial charge in [-0.3, -0.25) is 14.5 Å². The van der Waals surface area contributed by atoms with Crippen LogP contribution in [0.25, 0.3) is 0 Å². The number of carbonyl (C=O) groups excluding carboxylic acids is 2. The third-order valence-corrected chi connectivity index (χ3v) is 3.18. The molecule has 0 aromatic heterocycles. The van der Waals surface area contributed by atoms with Gasteiger partial charge in [0.05, 0.1) is 6.04 Å². The largest absolute Gasteiger partial charge is 0.368 e. The van der Waals surface area contributed by atoms with Crippen molar-refractivity contribution in [2.24, 2.45) is 11.7 Å². The fourth-order valence-corrected chi connectivity index (χ4v) is 2.26. The summed E-state index contributed by atoms with van der Waals surface area (Å²) in [4.78, 5) is 24.5. The molecule has 1 heterocycles. The fraction of sp³-hybridized carbons (Fsp3) is 0.818. The lowest BCUT2D eigenvalue weighted by molar-refractivity contribution is -0.128. The molecule has 1 saturated heterocycles. The van der Waals surface area contributed by atoms with Gasteiger partial charge in [0.15, 0.2) is 0 Å². The number of primary amides is 1. The van der Waals surface area contributed by atoms with Crippen molar-refractivity contribution < 1.29 is 9.59 Å². The molecule has 0 aromatic rings. The summed E-state index contributed by atoms with van der Waals surface area (Å²) in [6, 6.07) is -0.202. The van der Waals surface area contributed by atoms with Crippen LogP contribution in [-0.2, 0) is 9.59 Å². The molecule has 2 atom stereocenters. The molecule has 4 heteroatoms. The molecule has 2 N–H and O–H groups in total. The SMILES string of the molecule is CCC(C(N)=O)N1CCCC(C(C)=O)C1. The van der Waals surface area contributed by atoms with Gasteiger partial charge in [0.1, 0.15) is 5.78 Å². The van der Waals surface area contributed by atoms with Gasteiger partial charge in [0, 0.05) is 12.5 Å². The normalized spacial score (nSPS) is 24.8. The van der Waals surface area contributed by atoms with Crippen LogP contribution in [0, 0.1) is 5.92 Å². The van der Waals surface area contributed by atoms with Crippen LogP contribution < -0.4 is 5.73 Å². The Hall–Kier alpha value is -0.900. The van der Waals surface area contributed by atoms with E-state index in [4.69, 9.17) is 5.73 Å². The van der Waals surface area contributed by atoms with Crippen molar-refractivity contribution in [1.82, 2.24) is 4.90 Å². The summed E-state index contributed by atoms with van der Waals surface area (Å²) in [7, 11) is 0. The highest BCUT2D eigenvalue weighted by molar-refractivity contribution is 5.80. The average Bonchev–Trinajstić information content (AvgIpc) is 2.18. The van der Waals surface area contributed by atoms with Gasteiger partial charge in [-0.25, -0.2) is 0 Å². The Labute approximate surface area is 90.8 Å². The molecule has 1 amide bonds. The quantitative estimate of drug-likeness (QED) is 0.740. The lowest BCUT2D eigenvalue weighted by atomic mass is 9.93. The van der Waals surface area contributed by atoms with Crippen molar-refractivity contribution in [3.05, 3.63) is 0 Å². The van der Waals surface area contributed by atoms with Crippen LogP contribution in [-0.4, -0.2) is 35.7 Å². The molecule has 1 rings (SSSR count). The summed E-state index contributed by atoms with van der Waals surface area (Å²) in [5.41, 5.74) is 5.33. The topological polar surface area (TPSA) is 63.4 Å². The van der Waals surface area contributed by atoms with Crippen LogP contribution in [0.15, 0.2) is 0 Å². The van der Waals surface area contributed by atoms with Crippen molar-refractivity contribution >= 4 is 11.7 Å². The highest BCUT2D eigenvalue weighted by Gasteiger charge is 2.29. The first kappa shape index (κ1) is 12.2. The molecule has 2 unspecified atom stereocenters. The highest BCUT2D eigenvalue weighted by Crippen LogP contribution is 2.20. The van der Waals surface area contributed by atoms with E-state index < -0.39 is 0 Å². The number of hydrogen-bond acceptors (Lipinski definition) is 3. The molecular formula is C11H20N2O2. The van der Waals surface area contributed by atoms with Crippen LogP contribution in [0.3, 0.4) is 0 Å². The molecule has 0 spiro atoms. The Morgan fingerprint density at radius 2 is 2.20 bits per heavy atom. The molecule has 0 saturated carbocycles. The van der Waals surface area contributed by atoms with E-state index in [-0.39, 0.29) is 23.7 Å². The third kappa shape index (κ3) is 3.02. The van der Waals surface area contributed by atoms with Crippen molar-refractivity contribution in [3.8, 4) is 0 Å². The van der Waals surface area contributed by atoms with Crippen LogP contribution in [0.2, 0.25) is 0 Å². The molecule has 86 valence electrons. The Morgan fingerprint density at radius 3 is 2.67 bits per heavy atom. The van der Waals surface area contributed by atoms with E-state index in [1.165, 1.54) is 0 Å². The average molecular weight is 212 g/mol. The monoisotopic (exact) mass is 212 g/mol. The van der Waals surface area contributed by atoms with Gasteiger partial charge in [0.25, 0.3) is 0 Å². The zero-order chi connectivity index (χ0) is 11.4. The maximum atomic E-state index is 11.3. The number of Topliss-reactive ketones (excluding diaryl/α,β-unsaturated/α-hetero) is 1. The van der Waals surface area contributed by atoms with Gasteiger partial charge < -0.3 is 5.73 Å². The van der Waals surface area contributed by atoms with Gasteiger partial charge in [0.2, 0.25) is 5.91 Å². The molecule has 1 aliphatic rings. The van der Waals surface area contributed by atoms with Gasteiger partial charge in [-0.2, -0.15) is 0 Å². The molecule has 0 bridgehead atoms. The summed E-state index contributed by atoms with van der Waals surface area (Å²) in [6.45, 7) is 5.15. The Bertz CT molecular complexity index is 253. The number of amides is 1. The predicted molar refractivity (Wildman–Crippen MR) is 58.3 cm³/mol. The second-order valence-corrected chi connectivity index (χ2v) is 4.27. The van der Waals surface area contributed by atoms with E-state index in [0.29, 0.717) is 6.54 Å². The molecule has 0 aromatic carbocycles. The van der Waals surface area contributed by atoms with E-state index in [1.54, 1.807) is 6.92 Å². The first-order valence-corrected chi connectivity index (χ1v) is 5.60. The zero-order valence-electron chi connectivity index (χ0n) is 9.53. The summed E-state index contributed by atoms with van der Waals surface area (Å²) in [5, 5.41) is 0. The number of likely N-dealkylation sites (tertiary alicyclic amines) is 1. The Kier molecular flexibility index (Phi) is 4.27. The third-order valence-electron chi connectivity index (χ3n) is 3.18. The van der Waals surface area contributed by atoms with Gasteiger partial charge in [-0.15, -0.1) is 0 Å². The fourth-order valence-electron chi connectivity index (χ4n) is 2.26. The van der Waals surface area contributed by atoms with Crippen LogP contribution >= 0.6 is 0 Å². The maximum absolute atomic E-state index is 11.3. The molecule has 1 fully saturated rings. The Balaban J connectivity index is 2.62. The number of rotatable bonds is 4. The minimum Gasteiger partial charge on any atom is -0.368 e. The van der Waals surface area contributed by atoms with Crippen LogP contribution in [0.5, 0.6) is 0 Å². The molecule has 4 nitrogen and oxygen atoms in total. The standard InChI is InChI=1S/C11H20N2O2/c1-3-10(11(12)15)13-6-4-5-9(7-13)8(2)14/h9-10H,3-7H2,1-2H3,(H2,12,15). The second-order valence-electron chi connectivity index (χ2n) is 4.27. The smallest absolute Gasteiger partial charge is 0.234 e. The number of nitrogens with zero attached hydrogens (tertiary/aromatic N) is 1. The minimum atomic E-state index is -0.276. The number of hydrogen-bond donors (Lipinski definition) is 1. The molecule has 15 heavy (non-hydrogen) atoms. The first-order valence-electron chi connectivity index (χ1n) is 5.60. The summed E-state index contributed by atoms with van der Waals surface area (Å²) >= 11 is 0. The highest BCUT2D eigenvalue weighted by atomic mass is 16.1. The zero-order valence-corrected chi connectivity index (χ0v) is 9.53. The van der Waals surface area contributed by atoms with E-state index in [2.05, 4.69) is 4.90 Å². The molecular weight excluding hydrogens is 192 g/mol. The van der Waals surface area contributed by atoms with Crippen molar-refractivity contribution in [2.75, 3.05) is 13.1 Å². The summed E-state index contributed by atoms with van der Waals surface area (Å²) in [6.07, 6.45) is 2.65. The Morgan fingerprint density at radius 1 is 1.53 bits per heavy atom. The number of carbonyl (C=O) groups is 2. The van der Waals surface area contributed by atoms with Crippen LogP contribution in [0.4, 0.5) is 0 Å². The molecule has 1 aliphatic heterocycles. The van der Waals surface area contributed by atoms with Crippen molar-refractivity contribution in [3.63, 3.8) is 0 Å². The van der Waals surface area contributed by atoms with E-state index in [9.17, 15) is 9.59 Å². The predicted octanol–water partition coefficient (Wildman–Crippen LogP) is 0.551. The van der Waals surface area contributed by atoms with Crippen molar-refractivity contribution in [1.29, 1.82) is 0 Å². The summed E-state index contributed by atoms with van der Waals surface area (Å²) < 4.78 is 0. The van der Waals surface area contributed by atoms with Crippen molar-refractivity contribution in [2.45, 2.75) is 39.2 Å². The lowest BCUT2D eigenvalue weighted by Gasteiger charge is -2.35. The van der Waals surface area contributed by atoms with E-state index in [1.807, 2.05) is 6.92 Å². The lowest BCUT2D eigenvalue weighted by Crippen LogP contribution is -2.49.